The third-order valence-electron chi connectivity index (χ3n) is 4.48. The zero-order valence-electron chi connectivity index (χ0n) is 14.3. The van der Waals surface area contributed by atoms with Crippen molar-refractivity contribution >= 4 is 11.6 Å². The van der Waals surface area contributed by atoms with Crippen LogP contribution in [0.5, 0.6) is 5.75 Å². The van der Waals surface area contributed by atoms with E-state index in [1.54, 1.807) is 13.2 Å². The zero-order chi connectivity index (χ0) is 16.9. The Kier molecular flexibility index (Phi) is 5.16. The number of aryl methyl sites for hydroxylation is 1. The molecule has 2 aromatic carbocycles. The molecule has 0 spiro atoms. The van der Waals surface area contributed by atoms with Crippen LogP contribution in [0.3, 0.4) is 0 Å². The highest BCUT2D eigenvalue weighted by Gasteiger charge is 2.14. The van der Waals surface area contributed by atoms with Gasteiger partial charge in [-0.3, -0.25) is 9.69 Å². The maximum Gasteiger partial charge on any atom is 0.259 e. The molecule has 0 aliphatic carbocycles. The Hall–Kier alpha value is -2.33. The van der Waals surface area contributed by atoms with E-state index in [1.165, 1.54) is 31.5 Å². The predicted octanol–water partition coefficient (Wildman–Crippen LogP) is 3.85. The molecule has 0 atom stereocenters. The first kappa shape index (κ1) is 16.5. The van der Waals surface area contributed by atoms with Gasteiger partial charge < -0.3 is 10.1 Å². The van der Waals surface area contributed by atoms with Gasteiger partial charge in [0.15, 0.2) is 0 Å². The fourth-order valence-electron chi connectivity index (χ4n) is 3.19. The first-order chi connectivity index (χ1) is 11.7. The number of nitrogens with one attached hydrogen (secondary N) is 1. The Bertz CT molecular complexity index is 704. The van der Waals surface area contributed by atoms with Gasteiger partial charge in [-0.1, -0.05) is 24.3 Å². The standard InChI is InChI=1S/C20H24N2O2/c1-15-6-5-7-18(19(15)24-2)20(23)21-17-10-8-16(9-11-17)14-22-12-3-4-13-22/h5-11H,3-4,12-14H2,1-2H3,(H,21,23). The SMILES string of the molecule is COc1c(C)cccc1C(=O)Nc1ccc(CN2CCCC2)cc1. The van der Waals surface area contributed by atoms with Crippen LogP contribution >= 0.6 is 0 Å². The Morgan fingerprint density at radius 2 is 1.83 bits per heavy atom. The van der Waals surface area contributed by atoms with E-state index in [9.17, 15) is 4.79 Å². The number of methoxy groups -OCH3 is 1. The summed E-state index contributed by atoms with van der Waals surface area (Å²) < 4.78 is 5.36. The quantitative estimate of drug-likeness (QED) is 0.908. The van der Waals surface area contributed by atoms with Crippen LogP contribution in [-0.4, -0.2) is 31.0 Å². The highest BCUT2D eigenvalue weighted by Crippen LogP contribution is 2.24. The van der Waals surface area contributed by atoms with Crippen molar-refractivity contribution in [1.29, 1.82) is 0 Å². The Morgan fingerprint density at radius 3 is 2.50 bits per heavy atom. The topological polar surface area (TPSA) is 41.6 Å². The van der Waals surface area contributed by atoms with Gasteiger partial charge in [-0.15, -0.1) is 0 Å². The molecule has 0 unspecified atom stereocenters. The average molecular weight is 324 g/mol. The normalized spacial score (nSPS) is 14.6. The lowest BCUT2D eigenvalue weighted by molar-refractivity contribution is 0.102. The molecule has 0 saturated carbocycles. The fourth-order valence-corrected chi connectivity index (χ4v) is 3.19. The summed E-state index contributed by atoms with van der Waals surface area (Å²) in [6.07, 6.45) is 2.60. The molecular weight excluding hydrogens is 300 g/mol. The average Bonchev–Trinajstić information content (AvgIpc) is 3.09. The summed E-state index contributed by atoms with van der Waals surface area (Å²) in [5, 5.41) is 2.95. The van der Waals surface area contributed by atoms with E-state index >= 15 is 0 Å². The van der Waals surface area contributed by atoms with Crippen LogP contribution in [0.15, 0.2) is 42.5 Å². The minimum Gasteiger partial charge on any atom is -0.496 e. The Labute approximate surface area is 143 Å². The smallest absolute Gasteiger partial charge is 0.259 e. The van der Waals surface area contributed by atoms with E-state index < -0.39 is 0 Å². The first-order valence-corrected chi connectivity index (χ1v) is 8.43. The van der Waals surface area contributed by atoms with Crippen LogP contribution in [-0.2, 0) is 6.54 Å². The van der Waals surface area contributed by atoms with Crippen LogP contribution in [0.4, 0.5) is 5.69 Å². The molecule has 0 radical (unpaired) electrons. The number of rotatable bonds is 5. The highest BCUT2D eigenvalue weighted by molar-refractivity contribution is 6.06. The molecule has 1 amide bonds. The van der Waals surface area contributed by atoms with E-state index in [0.29, 0.717) is 11.3 Å². The number of ether oxygens (including phenoxy) is 1. The van der Waals surface area contributed by atoms with Crippen LogP contribution in [0.2, 0.25) is 0 Å². The highest BCUT2D eigenvalue weighted by atomic mass is 16.5. The van der Waals surface area contributed by atoms with Crippen molar-refractivity contribution in [2.75, 3.05) is 25.5 Å². The molecule has 1 aliphatic heterocycles. The zero-order valence-corrected chi connectivity index (χ0v) is 14.3. The van der Waals surface area contributed by atoms with Crippen molar-refractivity contribution in [3.05, 3.63) is 59.2 Å². The van der Waals surface area contributed by atoms with Crippen molar-refractivity contribution in [3.8, 4) is 5.75 Å². The number of benzene rings is 2. The monoisotopic (exact) mass is 324 g/mol. The van der Waals surface area contributed by atoms with Gasteiger partial charge in [-0.2, -0.15) is 0 Å². The lowest BCUT2D eigenvalue weighted by Crippen LogP contribution is -2.18. The maximum atomic E-state index is 12.5. The van der Waals surface area contributed by atoms with Crippen molar-refractivity contribution in [3.63, 3.8) is 0 Å². The van der Waals surface area contributed by atoms with Crippen LogP contribution in [0, 0.1) is 6.92 Å². The van der Waals surface area contributed by atoms with Crippen molar-refractivity contribution < 1.29 is 9.53 Å². The number of carbonyl (C=O) groups is 1. The van der Waals surface area contributed by atoms with Crippen molar-refractivity contribution in [2.45, 2.75) is 26.3 Å². The van der Waals surface area contributed by atoms with E-state index in [4.69, 9.17) is 4.74 Å². The molecule has 0 bridgehead atoms. The first-order valence-electron chi connectivity index (χ1n) is 8.43. The minimum absolute atomic E-state index is 0.150. The Balaban J connectivity index is 1.67. The molecule has 1 saturated heterocycles. The van der Waals surface area contributed by atoms with Gasteiger partial charge in [-0.05, 0) is 62.2 Å². The number of anilines is 1. The summed E-state index contributed by atoms with van der Waals surface area (Å²) in [6, 6.07) is 13.7. The molecule has 1 fully saturated rings. The van der Waals surface area contributed by atoms with Gasteiger partial charge in [0, 0.05) is 12.2 Å². The van der Waals surface area contributed by atoms with E-state index in [0.717, 1.165) is 17.8 Å². The van der Waals surface area contributed by atoms with Crippen LogP contribution < -0.4 is 10.1 Å². The van der Waals surface area contributed by atoms with E-state index in [1.807, 2.05) is 31.2 Å². The molecular formula is C20H24N2O2. The Morgan fingerprint density at radius 1 is 1.12 bits per heavy atom. The van der Waals surface area contributed by atoms with Gasteiger partial charge in [0.2, 0.25) is 0 Å². The summed E-state index contributed by atoms with van der Waals surface area (Å²) >= 11 is 0. The second-order valence-corrected chi connectivity index (χ2v) is 6.29. The second kappa shape index (κ2) is 7.49. The van der Waals surface area contributed by atoms with Crippen molar-refractivity contribution in [1.82, 2.24) is 4.90 Å². The maximum absolute atomic E-state index is 12.5. The number of hydrogen-bond donors (Lipinski definition) is 1. The summed E-state index contributed by atoms with van der Waals surface area (Å²) in [5.41, 5.74) is 3.58. The number of carbonyl (C=O) groups excluding carboxylic acids is 1. The molecule has 2 aromatic rings. The third kappa shape index (κ3) is 3.77. The van der Waals surface area contributed by atoms with Gasteiger partial charge in [0.1, 0.15) is 5.75 Å². The van der Waals surface area contributed by atoms with E-state index in [-0.39, 0.29) is 5.91 Å². The predicted molar refractivity (Wildman–Crippen MR) is 96.6 cm³/mol. The number of hydrogen-bond acceptors (Lipinski definition) is 3. The number of amides is 1. The minimum atomic E-state index is -0.150. The molecule has 3 rings (SSSR count). The van der Waals surface area contributed by atoms with Gasteiger partial charge in [0.05, 0.1) is 12.7 Å². The molecule has 1 aliphatic rings. The molecule has 24 heavy (non-hydrogen) atoms. The second-order valence-electron chi connectivity index (χ2n) is 6.29. The van der Waals surface area contributed by atoms with Gasteiger partial charge in [0.25, 0.3) is 5.91 Å². The molecule has 0 aromatic heterocycles. The van der Waals surface area contributed by atoms with Gasteiger partial charge >= 0.3 is 0 Å². The summed E-state index contributed by atoms with van der Waals surface area (Å²) in [4.78, 5) is 15.0. The lowest BCUT2D eigenvalue weighted by Gasteiger charge is -2.15. The van der Waals surface area contributed by atoms with E-state index in [2.05, 4.69) is 22.3 Å². The summed E-state index contributed by atoms with van der Waals surface area (Å²) in [7, 11) is 1.59. The molecule has 4 heteroatoms. The molecule has 1 heterocycles. The van der Waals surface area contributed by atoms with Crippen molar-refractivity contribution in [2.24, 2.45) is 0 Å². The van der Waals surface area contributed by atoms with Crippen LogP contribution in [0.1, 0.15) is 34.3 Å². The number of likely N-dealkylation sites (tertiary alicyclic amines) is 1. The summed E-state index contributed by atoms with van der Waals surface area (Å²) in [5.74, 6) is 0.475. The molecule has 126 valence electrons. The largest absolute Gasteiger partial charge is 0.496 e. The fraction of sp³-hybridized carbons (Fsp3) is 0.350. The molecule has 4 nitrogen and oxygen atoms in total. The number of para-hydroxylation sites is 1. The summed E-state index contributed by atoms with van der Waals surface area (Å²) in [6.45, 7) is 5.29. The van der Waals surface area contributed by atoms with Crippen LogP contribution in [0.25, 0.3) is 0 Å². The molecule has 1 N–H and O–H groups in total. The van der Waals surface area contributed by atoms with Gasteiger partial charge in [-0.25, -0.2) is 0 Å². The number of nitrogens with zero attached hydrogens (tertiary/aromatic N) is 1. The lowest BCUT2D eigenvalue weighted by atomic mass is 10.1. The third-order valence-corrected chi connectivity index (χ3v) is 4.48.